The number of thiol groups is 1. The lowest BCUT2D eigenvalue weighted by atomic mass is 10.5. The fourth-order valence-electron chi connectivity index (χ4n) is 0.734. The van der Waals surface area contributed by atoms with Gasteiger partial charge in [0.25, 0.3) is 0 Å². The van der Waals surface area contributed by atoms with Crippen LogP contribution >= 0.6 is 10.9 Å². The first-order valence-corrected chi connectivity index (χ1v) is 4.62. The summed E-state index contributed by atoms with van der Waals surface area (Å²) in [5.41, 5.74) is 0. The third-order valence-corrected chi connectivity index (χ3v) is 3.58. The van der Waals surface area contributed by atoms with Crippen LogP contribution in [0.2, 0.25) is 0 Å². The second-order valence-corrected chi connectivity index (χ2v) is 4.41. The number of carboxylic acids is 1. The first-order valence-electron chi connectivity index (χ1n) is 3.07. The molecule has 0 bridgehead atoms. The zero-order chi connectivity index (χ0) is 7.56. The second-order valence-electron chi connectivity index (χ2n) is 2.14. The summed E-state index contributed by atoms with van der Waals surface area (Å²) in [4.78, 5) is 10.4. The highest BCUT2D eigenvalue weighted by molar-refractivity contribution is 8.23. The van der Waals surface area contributed by atoms with Crippen molar-refractivity contribution in [2.45, 2.75) is 12.2 Å². The topological polar surface area (TPSA) is 37.3 Å². The van der Waals surface area contributed by atoms with Crippen molar-refractivity contribution in [2.24, 2.45) is 0 Å². The minimum Gasteiger partial charge on any atom is -0.480 e. The molecule has 1 rings (SSSR count). The number of carbonyl (C=O) groups is 1. The Morgan fingerprint density at radius 1 is 1.50 bits per heavy atom. The first-order chi connectivity index (χ1) is 4.72. The predicted octanol–water partition coefficient (Wildman–Crippen LogP) is 1.50. The van der Waals surface area contributed by atoms with Crippen molar-refractivity contribution in [2.75, 3.05) is 0 Å². The maximum atomic E-state index is 10.4. The highest BCUT2D eigenvalue weighted by Gasteiger charge is 2.16. The molecule has 1 aliphatic heterocycles. The van der Waals surface area contributed by atoms with Gasteiger partial charge >= 0.3 is 5.97 Å². The summed E-state index contributed by atoms with van der Waals surface area (Å²) in [6.07, 6.45) is 3.82. The molecule has 0 radical (unpaired) electrons. The standard InChI is InChI=1S/C7H10O2S/c1-6(7(8)9)10-4-2-3-5-10/h2-6,10H,1H3,(H,8,9). The zero-order valence-electron chi connectivity index (χ0n) is 5.69. The van der Waals surface area contributed by atoms with Crippen molar-refractivity contribution < 1.29 is 9.90 Å². The second kappa shape index (κ2) is 2.92. The Bertz CT molecular complexity index is 184. The lowest BCUT2D eigenvalue weighted by Crippen LogP contribution is -2.13. The van der Waals surface area contributed by atoms with Gasteiger partial charge in [0.1, 0.15) is 0 Å². The Kier molecular flexibility index (Phi) is 2.17. The van der Waals surface area contributed by atoms with Crippen LogP contribution in [0.3, 0.4) is 0 Å². The zero-order valence-corrected chi connectivity index (χ0v) is 6.58. The van der Waals surface area contributed by atoms with Crippen molar-refractivity contribution in [3.05, 3.63) is 23.0 Å². The number of allylic oxidation sites excluding steroid dienone is 2. The van der Waals surface area contributed by atoms with Crippen molar-refractivity contribution in [1.82, 2.24) is 0 Å². The van der Waals surface area contributed by atoms with E-state index in [9.17, 15) is 4.79 Å². The van der Waals surface area contributed by atoms with Crippen LogP contribution in [0.1, 0.15) is 6.92 Å². The molecule has 0 saturated heterocycles. The van der Waals surface area contributed by atoms with Gasteiger partial charge in [-0.2, -0.15) is 0 Å². The van der Waals surface area contributed by atoms with Crippen molar-refractivity contribution in [1.29, 1.82) is 0 Å². The monoisotopic (exact) mass is 158 g/mol. The molecule has 1 heterocycles. The van der Waals surface area contributed by atoms with Gasteiger partial charge < -0.3 is 5.11 Å². The Morgan fingerprint density at radius 3 is 2.40 bits per heavy atom. The number of carboxylic acid groups (broad SMARTS) is 1. The van der Waals surface area contributed by atoms with Crippen LogP contribution in [0, 0.1) is 0 Å². The first kappa shape index (κ1) is 7.41. The van der Waals surface area contributed by atoms with E-state index in [-0.39, 0.29) is 5.25 Å². The molecule has 3 heteroatoms. The number of hydrogen-bond acceptors (Lipinski definition) is 1. The molecule has 56 valence electrons. The van der Waals surface area contributed by atoms with Gasteiger partial charge in [0.15, 0.2) is 0 Å². The van der Waals surface area contributed by atoms with Gasteiger partial charge in [-0.1, -0.05) is 12.2 Å². The van der Waals surface area contributed by atoms with Gasteiger partial charge in [-0.05, 0) is 17.7 Å². The molecule has 0 aromatic carbocycles. The molecule has 0 aliphatic carbocycles. The molecule has 1 unspecified atom stereocenters. The Morgan fingerprint density at radius 2 is 2.00 bits per heavy atom. The lowest BCUT2D eigenvalue weighted by Gasteiger charge is -2.13. The van der Waals surface area contributed by atoms with E-state index >= 15 is 0 Å². The van der Waals surface area contributed by atoms with E-state index in [1.54, 1.807) is 6.92 Å². The third-order valence-electron chi connectivity index (χ3n) is 1.43. The summed E-state index contributed by atoms with van der Waals surface area (Å²) in [5.74, 6) is -0.706. The van der Waals surface area contributed by atoms with E-state index in [1.807, 2.05) is 23.0 Å². The van der Waals surface area contributed by atoms with Crippen LogP contribution in [0.4, 0.5) is 0 Å². The third kappa shape index (κ3) is 1.42. The number of hydrogen-bond donors (Lipinski definition) is 2. The van der Waals surface area contributed by atoms with Gasteiger partial charge in [0.05, 0.1) is 5.25 Å². The van der Waals surface area contributed by atoms with Crippen LogP contribution in [-0.2, 0) is 4.79 Å². The summed E-state index contributed by atoms with van der Waals surface area (Å²) in [5, 5.41) is 12.3. The van der Waals surface area contributed by atoms with Crippen LogP contribution < -0.4 is 0 Å². The van der Waals surface area contributed by atoms with E-state index in [0.29, 0.717) is 0 Å². The highest BCUT2D eigenvalue weighted by atomic mass is 32.2. The van der Waals surface area contributed by atoms with Crippen LogP contribution in [-0.4, -0.2) is 16.3 Å². The largest absolute Gasteiger partial charge is 0.480 e. The molecule has 10 heavy (non-hydrogen) atoms. The smallest absolute Gasteiger partial charge is 0.315 e. The Labute approximate surface area is 62.6 Å². The summed E-state index contributed by atoms with van der Waals surface area (Å²) < 4.78 is 0. The molecule has 0 aromatic rings. The maximum absolute atomic E-state index is 10.4. The van der Waals surface area contributed by atoms with Gasteiger partial charge in [0, 0.05) is 0 Å². The van der Waals surface area contributed by atoms with Crippen molar-refractivity contribution in [3.8, 4) is 0 Å². The maximum Gasteiger partial charge on any atom is 0.315 e. The highest BCUT2D eigenvalue weighted by Crippen LogP contribution is 2.37. The van der Waals surface area contributed by atoms with E-state index in [4.69, 9.17) is 5.11 Å². The lowest BCUT2D eigenvalue weighted by molar-refractivity contribution is -0.136. The van der Waals surface area contributed by atoms with E-state index in [2.05, 4.69) is 0 Å². The molecule has 1 aliphatic rings. The molecular formula is C7H10O2S. The Hall–Kier alpha value is -0.700. The summed E-state index contributed by atoms with van der Waals surface area (Å²) in [6, 6.07) is 0. The minimum absolute atomic E-state index is 0.231. The van der Waals surface area contributed by atoms with Crippen molar-refractivity contribution in [3.63, 3.8) is 0 Å². The van der Waals surface area contributed by atoms with E-state index in [1.165, 1.54) is 0 Å². The van der Waals surface area contributed by atoms with Gasteiger partial charge in [-0.25, -0.2) is 10.9 Å². The molecule has 1 atom stereocenters. The SMILES string of the molecule is CC(C(=O)O)[SH]1C=CC=C1. The molecule has 0 saturated carbocycles. The Balaban J connectivity index is 2.57. The quantitative estimate of drug-likeness (QED) is 0.598. The van der Waals surface area contributed by atoms with Gasteiger partial charge in [0.2, 0.25) is 0 Å². The minimum atomic E-state index is -0.706. The molecular weight excluding hydrogens is 148 g/mol. The normalized spacial score (nSPS) is 21.5. The number of aliphatic carboxylic acids is 1. The van der Waals surface area contributed by atoms with Gasteiger partial charge in [-0.15, -0.1) is 0 Å². The van der Waals surface area contributed by atoms with Crippen molar-refractivity contribution >= 4 is 16.9 Å². The molecule has 0 fully saturated rings. The van der Waals surface area contributed by atoms with E-state index < -0.39 is 16.9 Å². The fraction of sp³-hybridized carbons (Fsp3) is 0.286. The van der Waals surface area contributed by atoms with Gasteiger partial charge in [-0.3, -0.25) is 4.79 Å². The van der Waals surface area contributed by atoms with Crippen LogP contribution in [0.15, 0.2) is 23.0 Å². The molecule has 0 aromatic heterocycles. The predicted molar refractivity (Wildman–Crippen MR) is 44.4 cm³/mol. The van der Waals surface area contributed by atoms with Crippen LogP contribution in [0.5, 0.6) is 0 Å². The number of rotatable bonds is 2. The summed E-state index contributed by atoms with van der Waals surface area (Å²) >= 11 is 0. The average Bonchev–Trinajstić information content (AvgIpc) is 2.36. The van der Waals surface area contributed by atoms with Crippen LogP contribution in [0.25, 0.3) is 0 Å². The van der Waals surface area contributed by atoms with E-state index in [0.717, 1.165) is 0 Å². The molecule has 1 N–H and O–H groups in total. The summed E-state index contributed by atoms with van der Waals surface area (Å²) in [6.45, 7) is 1.74. The molecule has 2 nitrogen and oxygen atoms in total. The fourth-order valence-corrected chi connectivity index (χ4v) is 2.20. The molecule has 0 spiro atoms. The summed E-state index contributed by atoms with van der Waals surface area (Å²) in [7, 11) is -0.506. The molecule has 0 amide bonds. The average molecular weight is 158 g/mol.